The third-order valence-electron chi connectivity index (χ3n) is 3.25. The van der Waals surface area contributed by atoms with Crippen molar-refractivity contribution < 1.29 is 0 Å². The van der Waals surface area contributed by atoms with Crippen molar-refractivity contribution in [1.29, 1.82) is 0 Å². The van der Waals surface area contributed by atoms with Crippen LogP contribution < -0.4 is 4.98 Å². The molecule has 0 aliphatic heterocycles. The average molecular weight is 215 g/mol. The van der Waals surface area contributed by atoms with Gasteiger partial charge >= 0.3 is 0 Å². The lowest BCUT2D eigenvalue weighted by molar-refractivity contribution is 0.744. The lowest BCUT2D eigenvalue weighted by Crippen LogP contribution is -2.47. The van der Waals surface area contributed by atoms with E-state index in [4.69, 9.17) is 0 Å². The Bertz CT molecular complexity index is 119. The van der Waals surface area contributed by atoms with Gasteiger partial charge in [0.25, 0.3) is 0 Å². The Morgan fingerprint density at radius 3 is 1.71 bits per heavy atom. The van der Waals surface area contributed by atoms with Crippen LogP contribution in [-0.2, 0) is 0 Å². The molecule has 1 nitrogen and oxygen atoms in total. The Morgan fingerprint density at radius 2 is 1.36 bits per heavy atom. The van der Waals surface area contributed by atoms with Crippen molar-refractivity contribution in [3.05, 3.63) is 0 Å². The van der Waals surface area contributed by atoms with Crippen LogP contribution in [0.25, 0.3) is 0 Å². The first-order chi connectivity index (χ1) is 6.74. The molecule has 0 bridgehead atoms. The highest BCUT2D eigenvalue weighted by molar-refractivity contribution is 6.77. The zero-order chi connectivity index (χ0) is 10.9. The highest BCUT2D eigenvalue weighted by atomic mass is 28.3. The molecule has 0 radical (unpaired) electrons. The molecule has 0 amide bonds. The van der Waals surface area contributed by atoms with Gasteiger partial charge in [0.1, 0.15) is 8.24 Å². The van der Waals surface area contributed by atoms with Crippen molar-refractivity contribution in [2.45, 2.75) is 71.0 Å². The number of hydrogen-bond donors (Lipinski definition) is 1. The highest BCUT2D eigenvalue weighted by Gasteiger charge is 2.28. The molecule has 0 fully saturated rings. The van der Waals surface area contributed by atoms with E-state index in [2.05, 4.69) is 32.8 Å². The second-order valence-corrected chi connectivity index (χ2v) is 9.05. The van der Waals surface area contributed by atoms with Gasteiger partial charge in [0.2, 0.25) is 0 Å². The molecule has 0 atom stereocenters. The van der Waals surface area contributed by atoms with Crippen LogP contribution in [0, 0.1) is 0 Å². The van der Waals surface area contributed by atoms with E-state index in [0.717, 1.165) is 0 Å². The summed E-state index contributed by atoms with van der Waals surface area (Å²) in [4.78, 5) is 3.72. The molecule has 0 aromatic heterocycles. The van der Waals surface area contributed by atoms with E-state index in [1.807, 2.05) is 0 Å². The van der Waals surface area contributed by atoms with Gasteiger partial charge in [0.15, 0.2) is 0 Å². The van der Waals surface area contributed by atoms with E-state index in [0.29, 0.717) is 0 Å². The summed E-state index contributed by atoms with van der Waals surface area (Å²) in [6.07, 6.45) is 6.94. The average Bonchev–Trinajstić information content (AvgIpc) is 2.19. The zero-order valence-electron chi connectivity index (χ0n) is 10.7. The minimum atomic E-state index is -1.06. The number of hydrogen-bond acceptors (Lipinski definition) is 1. The van der Waals surface area contributed by atoms with Crippen molar-refractivity contribution >= 4 is 8.24 Å². The summed E-state index contributed by atoms with van der Waals surface area (Å²) in [5, 5.41) is 0. The fraction of sp³-hybridized carbons (Fsp3) is 1.00. The third-order valence-corrected chi connectivity index (χ3v) is 8.53. The molecule has 0 aromatic carbocycles. The summed E-state index contributed by atoms with van der Waals surface area (Å²) >= 11 is 0. The largest absolute Gasteiger partial charge is 0.340 e. The van der Waals surface area contributed by atoms with Crippen molar-refractivity contribution in [3.63, 3.8) is 0 Å². The molecule has 0 aromatic rings. The molecular formula is C12H29NSi. The van der Waals surface area contributed by atoms with Gasteiger partial charge in [-0.25, -0.2) is 0 Å². The molecule has 0 saturated carbocycles. The summed E-state index contributed by atoms with van der Waals surface area (Å²) in [6, 6.07) is 4.45. The SMILES string of the molecule is CCCCC[Si](CCC)(CCC)NC. The van der Waals surface area contributed by atoms with Gasteiger partial charge in [0.05, 0.1) is 0 Å². The number of nitrogens with one attached hydrogen (secondary N) is 1. The van der Waals surface area contributed by atoms with Crippen molar-refractivity contribution in [1.82, 2.24) is 4.98 Å². The van der Waals surface area contributed by atoms with Gasteiger partial charge in [-0.2, -0.15) is 0 Å². The molecular weight excluding hydrogens is 186 g/mol. The van der Waals surface area contributed by atoms with E-state index in [9.17, 15) is 0 Å². The predicted octanol–water partition coefficient (Wildman–Crippen LogP) is 4.16. The van der Waals surface area contributed by atoms with Crippen LogP contribution >= 0.6 is 0 Å². The van der Waals surface area contributed by atoms with Crippen LogP contribution in [0.15, 0.2) is 0 Å². The van der Waals surface area contributed by atoms with Crippen molar-refractivity contribution in [2.24, 2.45) is 0 Å². The molecule has 0 aliphatic carbocycles. The fourth-order valence-corrected chi connectivity index (χ4v) is 6.76. The maximum Gasteiger partial charge on any atom is 0.125 e. The predicted molar refractivity (Wildman–Crippen MR) is 69.3 cm³/mol. The van der Waals surface area contributed by atoms with Crippen molar-refractivity contribution in [2.75, 3.05) is 7.05 Å². The zero-order valence-corrected chi connectivity index (χ0v) is 11.7. The molecule has 0 unspecified atom stereocenters. The first-order valence-electron chi connectivity index (χ1n) is 6.43. The smallest absolute Gasteiger partial charge is 0.125 e. The van der Waals surface area contributed by atoms with E-state index in [-0.39, 0.29) is 0 Å². The summed E-state index contributed by atoms with van der Waals surface area (Å²) in [7, 11) is 1.14. The van der Waals surface area contributed by atoms with E-state index >= 15 is 0 Å². The summed E-state index contributed by atoms with van der Waals surface area (Å²) < 4.78 is 0. The second-order valence-electron chi connectivity index (χ2n) is 4.49. The molecule has 2 heteroatoms. The molecule has 14 heavy (non-hydrogen) atoms. The van der Waals surface area contributed by atoms with Gasteiger partial charge in [-0.1, -0.05) is 52.9 Å². The maximum atomic E-state index is 3.72. The lowest BCUT2D eigenvalue weighted by atomic mass is 10.3. The number of unbranched alkanes of at least 4 members (excludes halogenated alkanes) is 2. The third kappa shape index (κ3) is 5.16. The molecule has 0 rings (SSSR count). The summed E-state index contributed by atoms with van der Waals surface area (Å²) in [6.45, 7) is 6.95. The monoisotopic (exact) mass is 215 g/mol. The molecule has 0 spiro atoms. The quantitative estimate of drug-likeness (QED) is 0.450. The molecule has 0 heterocycles. The Hall–Kier alpha value is 0.177. The van der Waals surface area contributed by atoms with Crippen LogP contribution in [0.4, 0.5) is 0 Å². The lowest BCUT2D eigenvalue weighted by Gasteiger charge is -2.30. The van der Waals surface area contributed by atoms with Crippen LogP contribution in [-0.4, -0.2) is 15.3 Å². The second kappa shape index (κ2) is 8.48. The maximum absolute atomic E-state index is 3.72. The van der Waals surface area contributed by atoms with Gasteiger partial charge in [-0.15, -0.1) is 0 Å². The van der Waals surface area contributed by atoms with Gasteiger partial charge in [-0.05, 0) is 25.2 Å². The topological polar surface area (TPSA) is 12.0 Å². The molecule has 0 saturated heterocycles. The first kappa shape index (κ1) is 14.2. The van der Waals surface area contributed by atoms with Crippen LogP contribution in [0.2, 0.25) is 18.1 Å². The van der Waals surface area contributed by atoms with Crippen LogP contribution in [0.5, 0.6) is 0 Å². The van der Waals surface area contributed by atoms with Crippen LogP contribution in [0.1, 0.15) is 52.9 Å². The Balaban J connectivity index is 4.03. The minimum Gasteiger partial charge on any atom is -0.340 e. The normalized spacial score (nSPS) is 12.0. The van der Waals surface area contributed by atoms with E-state index < -0.39 is 8.24 Å². The van der Waals surface area contributed by atoms with Crippen molar-refractivity contribution in [3.8, 4) is 0 Å². The number of rotatable bonds is 9. The Kier molecular flexibility index (Phi) is 8.59. The summed E-state index contributed by atoms with van der Waals surface area (Å²) in [5.74, 6) is 0. The van der Waals surface area contributed by atoms with Gasteiger partial charge in [-0.3, -0.25) is 0 Å². The standard InChI is InChI=1S/C12H29NSi/c1-5-8-9-12-14(13-4,10-6-2)11-7-3/h13H,5-12H2,1-4H3. The summed E-state index contributed by atoms with van der Waals surface area (Å²) in [5.41, 5.74) is 0. The van der Waals surface area contributed by atoms with Gasteiger partial charge in [0, 0.05) is 0 Å². The van der Waals surface area contributed by atoms with Gasteiger partial charge < -0.3 is 4.98 Å². The van der Waals surface area contributed by atoms with E-state index in [1.165, 1.54) is 50.2 Å². The minimum absolute atomic E-state index is 1.06. The van der Waals surface area contributed by atoms with Crippen LogP contribution in [0.3, 0.4) is 0 Å². The Labute approximate surface area is 91.8 Å². The Morgan fingerprint density at radius 1 is 0.786 bits per heavy atom. The molecule has 1 N–H and O–H groups in total. The fourth-order valence-electron chi connectivity index (χ4n) is 2.42. The molecule has 86 valence electrons. The first-order valence-corrected chi connectivity index (χ1v) is 9.05. The highest BCUT2D eigenvalue weighted by Crippen LogP contribution is 2.23. The van der Waals surface area contributed by atoms with E-state index in [1.54, 1.807) is 0 Å². The molecule has 0 aliphatic rings.